The minimum absolute atomic E-state index is 0.437. The molecule has 1 N–H and O–H groups in total. The van der Waals surface area contributed by atoms with Crippen LogP contribution in [0, 0.1) is 0 Å². The summed E-state index contributed by atoms with van der Waals surface area (Å²) in [4.78, 5) is 3.66. The molecular weight excluding hydrogens is 574 g/mol. The standard InChI is InChI=1S/C44H37NO2/c1-5-25(3)29-11-7-15-33-35-17-9-13-31(43(35)46-41(29)33)27-19-21-39-37(23-27)38-24-28(20-22-40(38)45-39)32-14-10-18-36-34-16-8-12-30(26(4)6-2)42(34)47-44(32)36/h7-26,45H,5-6H2,1-4H3/t25-,26?/m1/s1. The van der Waals surface area contributed by atoms with Crippen molar-refractivity contribution in [1.82, 2.24) is 4.98 Å². The molecule has 0 saturated heterocycles. The van der Waals surface area contributed by atoms with Gasteiger partial charge in [0.1, 0.15) is 22.3 Å². The first-order valence-corrected chi connectivity index (χ1v) is 17.0. The summed E-state index contributed by atoms with van der Waals surface area (Å²) in [6.07, 6.45) is 2.15. The van der Waals surface area contributed by atoms with E-state index in [0.29, 0.717) is 11.8 Å². The van der Waals surface area contributed by atoms with Crippen molar-refractivity contribution in [3.05, 3.63) is 120 Å². The van der Waals surface area contributed by atoms with Gasteiger partial charge in [0.25, 0.3) is 0 Å². The van der Waals surface area contributed by atoms with Gasteiger partial charge in [-0.25, -0.2) is 0 Å². The molecule has 3 nitrogen and oxygen atoms in total. The monoisotopic (exact) mass is 611 g/mol. The molecule has 3 heterocycles. The van der Waals surface area contributed by atoms with Crippen LogP contribution in [0.25, 0.3) is 87.9 Å². The lowest BCUT2D eigenvalue weighted by Crippen LogP contribution is -1.90. The number of para-hydroxylation sites is 4. The van der Waals surface area contributed by atoms with Gasteiger partial charge in [0.05, 0.1) is 0 Å². The number of aromatic nitrogens is 1. The summed E-state index contributed by atoms with van der Waals surface area (Å²) in [5.74, 6) is 0.874. The summed E-state index contributed by atoms with van der Waals surface area (Å²) in [7, 11) is 0. The number of furan rings is 2. The topological polar surface area (TPSA) is 42.1 Å². The van der Waals surface area contributed by atoms with Crippen LogP contribution >= 0.6 is 0 Å². The van der Waals surface area contributed by atoms with Crippen LogP contribution in [0.3, 0.4) is 0 Å². The highest BCUT2D eigenvalue weighted by Crippen LogP contribution is 2.42. The lowest BCUT2D eigenvalue weighted by Gasteiger charge is -2.08. The van der Waals surface area contributed by atoms with Crippen LogP contribution in [0.1, 0.15) is 63.5 Å². The van der Waals surface area contributed by atoms with Gasteiger partial charge in [-0.1, -0.05) is 113 Å². The maximum Gasteiger partial charge on any atom is 0.143 e. The van der Waals surface area contributed by atoms with Gasteiger partial charge in [-0.15, -0.1) is 0 Å². The summed E-state index contributed by atoms with van der Waals surface area (Å²) in [6, 6.07) is 39.6. The second kappa shape index (κ2) is 10.6. The second-order valence-electron chi connectivity index (χ2n) is 13.3. The Balaban J connectivity index is 1.21. The Labute approximate surface area is 273 Å². The van der Waals surface area contributed by atoms with Gasteiger partial charge >= 0.3 is 0 Å². The van der Waals surface area contributed by atoms with Gasteiger partial charge in [0.2, 0.25) is 0 Å². The van der Waals surface area contributed by atoms with Gasteiger partial charge in [0, 0.05) is 54.5 Å². The van der Waals surface area contributed by atoms with Gasteiger partial charge in [-0.3, -0.25) is 0 Å². The van der Waals surface area contributed by atoms with Crippen LogP contribution in [0.5, 0.6) is 0 Å². The normalized spacial score (nSPS) is 13.5. The molecule has 1 unspecified atom stereocenters. The maximum absolute atomic E-state index is 6.73. The molecule has 230 valence electrons. The number of hydrogen-bond acceptors (Lipinski definition) is 2. The zero-order valence-corrected chi connectivity index (χ0v) is 27.3. The lowest BCUT2D eigenvalue weighted by molar-refractivity contribution is 0.646. The summed E-state index contributed by atoms with van der Waals surface area (Å²) in [5, 5.41) is 7.10. The second-order valence-corrected chi connectivity index (χ2v) is 13.3. The van der Waals surface area contributed by atoms with Crippen molar-refractivity contribution in [2.24, 2.45) is 0 Å². The van der Waals surface area contributed by atoms with Crippen molar-refractivity contribution in [3.63, 3.8) is 0 Å². The van der Waals surface area contributed by atoms with E-state index < -0.39 is 0 Å². The zero-order chi connectivity index (χ0) is 31.8. The number of H-pyrrole nitrogens is 1. The van der Waals surface area contributed by atoms with Crippen molar-refractivity contribution >= 4 is 65.7 Å². The van der Waals surface area contributed by atoms with E-state index in [9.17, 15) is 0 Å². The summed E-state index contributed by atoms with van der Waals surface area (Å²) in [5.41, 5.74) is 13.3. The highest BCUT2D eigenvalue weighted by Gasteiger charge is 2.19. The molecule has 3 heteroatoms. The number of hydrogen-bond donors (Lipinski definition) is 1. The number of fused-ring (bicyclic) bond motifs is 9. The molecule has 0 aliphatic carbocycles. The first kappa shape index (κ1) is 28.0. The van der Waals surface area contributed by atoms with Crippen LogP contribution < -0.4 is 0 Å². The van der Waals surface area contributed by atoms with E-state index in [1.807, 2.05) is 0 Å². The van der Waals surface area contributed by atoms with Gasteiger partial charge in [0.15, 0.2) is 0 Å². The van der Waals surface area contributed by atoms with Crippen molar-refractivity contribution in [1.29, 1.82) is 0 Å². The summed E-state index contributed by atoms with van der Waals surface area (Å²) >= 11 is 0. The van der Waals surface area contributed by atoms with Crippen LogP contribution in [-0.4, -0.2) is 4.98 Å². The highest BCUT2D eigenvalue weighted by atomic mass is 16.3. The molecule has 0 spiro atoms. The lowest BCUT2D eigenvalue weighted by atomic mass is 9.95. The molecule has 0 aliphatic rings. The third-order valence-corrected chi connectivity index (χ3v) is 10.6. The average Bonchev–Trinajstić information content (AvgIpc) is 3.81. The van der Waals surface area contributed by atoms with Crippen LogP contribution in [0.2, 0.25) is 0 Å². The SMILES string of the molecule is CCC(C)c1cccc2c1oc1c(-c3ccc4[nH]c5ccc(-c6cccc7c6oc6c([C@H](C)CC)cccc67)cc5c4c3)cccc12. The summed E-state index contributed by atoms with van der Waals surface area (Å²) < 4.78 is 13.5. The minimum Gasteiger partial charge on any atom is -0.455 e. The molecule has 47 heavy (non-hydrogen) atoms. The molecule has 0 amide bonds. The zero-order valence-electron chi connectivity index (χ0n) is 27.3. The smallest absolute Gasteiger partial charge is 0.143 e. The maximum atomic E-state index is 6.73. The summed E-state index contributed by atoms with van der Waals surface area (Å²) in [6.45, 7) is 9.03. The Morgan fingerprint density at radius 2 is 0.872 bits per heavy atom. The quantitative estimate of drug-likeness (QED) is 0.203. The van der Waals surface area contributed by atoms with Gasteiger partial charge in [-0.2, -0.15) is 0 Å². The number of nitrogens with one attached hydrogen (secondary N) is 1. The van der Waals surface area contributed by atoms with Crippen LogP contribution in [-0.2, 0) is 0 Å². The van der Waals surface area contributed by atoms with Gasteiger partial charge < -0.3 is 13.8 Å². The molecule has 3 aromatic heterocycles. The Kier molecular flexibility index (Phi) is 6.33. The van der Waals surface area contributed by atoms with E-state index in [4.69, 9.17) is 8.83 Å². The molecule has 2 atom stereocenters. The Morgan fingerprint density at radius 1 is 0.468 bits per heavy atom. The fourth-order valence-corrected chi connectivity index (χ4v) is 7.59. The van der Waals surface area contributed by atoms with Crippen molar-refractivity contribution in [2.75, 3.05) is 0 Å². The van der Waals surface area contributed by atoms with Crippen LogP contribution in [0.15, 0.2) is 118 Å². The number of aromatic amines is 1. The van der Waals surface area contributed by atoms with E-state index in [0.717, 1.165) is 68.5 Å². The first-order chi connectivity index (χ1) is 23.0. The molecule has 0 saturated carbocycles. The molecule has 0 fully saturated rings. The van der Waals surface area contributed by atoms with E-state index >= 15 is 0 Å². The van der Waals surface area contributed by atoms with Gasteiger partial charge in [-0.05, 0) is 71.2 Å². The molecule has 6 aromatic carbocycles. The highest BCUT2D eigenvalue weighted by molar-refractivity contribution is 6.15. The number of rotatable bonds is 6. The predicted molar refractivity (Wildman–Crippen MR) is 199 cm³/mol. The third kappa shape index (κ3) is 4.19. The Morgan fingerprint density at radius 3 is 1.30 bits per heavy atom. The molecule has 0 aliphatic heterocycles. The van der Waals surface area contributed by atoms with Crippen LogP contribution in [0.4, 0.5) is 0 Å². The van der Waals surface area contributed by atoms with E-state index in [2.05, 4.69) is 142 Å². The predicted octanol–water partition coefficient (Wildman–Crippen LogP) is 13.5. The molecule has 0 bridgehead atoms. The van der Waals surface area contributed by atoms with Crippen molar-refractivity contribution in [3.8, 4) is 22.3 Å². The van der Waals surface area contributed by atoms with E-state index in [1.165, 1.54) is 43.4 Å². The third-order valence-electron chi connectivity index (χ3n) is 10.6. The van der Waals surface area contributed by atoms with E-state index in [-0.39, 0.29) is 0 Å². The fourth-order valence-electron chi connectivity index (χ4n) is 7.59. The molecule has 0 radical (unpaired) electrons. The van der Waals surface area contributed by atoms with Crippen molar-refractivity contribution in [2.45, 2.75) is 52.4 Å². The Hall–Kier alpha value is -5.28. The number of benzene rings is 6. The molecular formula is C44H37NO2. The first-order valence-electron chi connectivity index (χ1n) is 17.0. The Bertz CT molecular complexity index is 2460. The molecule has 9 rings (SSSR count). The molecule has 9 aromatic rings. The fraction of sp³-hybridized carbons (Fsp3) is 0.182. The van der Waals surface area contributed by atoms with Crippen molar-refractivity contribution < 1.29 is 8.83 Å². The largest absolute Gasteiger partial charge is 0.455 e. The minimum atomic E-state index is 0.437. The average molecular weight is 612 g/mol. The van der Waals surface area contributed by atoms with E-state index in [1.54, 1.807) is 0 Å².